The third-order valence-corrected chi connectivity index (χ3v) is 5.54. The van der Waals surface area contributed by atoms with Crippen LogP contribution in [-0.4, -0.2) is 24.2 Å². The minimum Gasteiger partial charge on any atom is -0.258 e. The predicted molar refractivity (Wildman–Crippen MR) is 80.9 cm³/mol. The Bertz CT molecular complexity index is 831. The highest BCUT2D eigenvalue weighted by Crippen LogP contribution is 2.40. The van der Waals surface area contributed by atoms with Crippen LogP contribution in [0.3, 0.4) is 0 Å². The molecular weight excluding hydrogens is 304 g/mol. The number of rotatable bonds is 4. The molecule has 1 heterocycles. The third kappa shape index (κ3) is 2.60. The Labute approximate surface area is 128 Å². The molecule has 1 saturated heterocycles. The number of benzene rings is 2. The van der Waals surface area contributed by atoms with Crippen LogP contribution in [0.2, 0.25) is 0 Å². The van der Waals surface area contributed by atoms with Crippen LogP contribution >= 0.6 is 0 Å². The first-order valence-corrected chi connectivity index (χ1v) is 8.16. The van der Waals surface area contributed by atoms with Gasteiger partial charge in [-0.25, -0.2) is 8.42 Å². The summed E-state index contributed by atoms with van der Waals surface area (Å²) in [4.78, 5) is 10.1. The minimum absolute atomic E-state index is 0.0771. The van der Waals surface area contributed by atoms with Crippen LogP contribution in [-0.2, 0) is 10.0 Å². The molecule has 2 aromatic carbocycles. The quantitative estimate of drug-likeness (QED) is 0.493. The zero-order chi connectivity index (χ0) is 15.9. The number of nitrogens with zero attached hydrogens (tertiary/aromatic N) is 2. The molecule has 6 nitrogen and oxygen atoms in total. The maximum Gasteiger partial charge on any atom is 0.269 e. The summed E-state index contributed by atoms with van der Waals surface area (Å²) in [6.07, 6.45) is 0. The normalized spacial score (nSPS) is 20.6. The first-order chi connectivity index (χ1) is 10.4. The number of aryl methyl sites for hydroxylation is 1. The van der Waals surface area contributed by atoms with Crippen LogP contribution in [0.4, 0.5) is 5.69 Å². The van der Waals surface area contributed by atoms with Crippen LogP contribution in [0.1, 0.15) is 17.2 Å². The van der Waals surface area contributed by atoms with Crippen molar-refractivity contribution in [2.24, 2.45) is 0 Å². The van der Waals surface area contributed by atoms with E-state index in [0.717, 1.165) is 11.1 Å². The molecule has 0 radical (unpaired) electrons. The molecule has 0 bridgehead atoms. The van der Waals surface area contributed by atoms with Gasteiger partial charge in [0.1, 0.15) is 0 Å². The molecule has 1 fully saturated rings. The van der Waals surface area contributed by atoms with Gasteiger partial charge in [0.2, 0.25) is 10.0 Å². The summed E-state index contributed by atoms with van der Waals surface area (Å²) in [5.41, 5.74) is 1.92. The molecular formula is C15H14N2O4S. The fourth-order valence-electron chi connectivity index (χ4n) is 2.41. The van der Waals surface area contributed by atoms with Crippen LogP contribution in [0.5, 0.6) is 0 Å². The van der Waals surface area contributed by atoms with E-state index >= 15 is 0 Å². The van der Waals surface area contributed by atoms with Gasteiger partial charge in [0.05, 0.1) is 15.9 Å². The van der Waals surface area contributed by atoms with Gasteiger partial charge in [0.15, 0.2) is 0 Å². The Hall–Kier alpha value is -2.25. The van der Waals surface area contributed by atoms with Crippen molar-refractivity contribution >= 4 is 15.7 Å². The molecule has 0 aromatic heterocycles. The highest BCUT2D eigenvalue weighted by molar-refractivity contribution is 7.89. The first kappa shape index (κ1) is 14.7. The highest BCUT2D eigenvalue weighted by Gasteiger charge is 2.45. The maximum absolute atomic E-state index is 12.5. The van der Waals surface area contributed by atoms with Gasteiger partial charge >= 0.3 is 0 Å². The molecule has 2 unspecified atom stereocenters. The Morgan fingerprint density at radius 3 is 2.45 bits per heavy atom. The average Bonchev–Trinajstić information content (AvgIpc) is 3.28. The van der Waals surface area contributed by atoms with Gasteiger partial charge in [-0.1, -0.05) is 29.8 Å². The van der Waals surface area contributed by atoms with Crippen LogP contribution in [0, 0.1) is 17.0 Å². The molecule has 1 aliphatic rings. The first-order valence-electron chi connectivity index (χ1n) is 6.72. The number of hydrogen-bond acceptors (Lipinski definition) is 4. The average molecular weight is 318 g/mol. The Balaban J connectivity index is 1.84. The van der Waals surface area contributed by atoms with E-state index in [0.29, 0.717) is 6.54 Å². The third-order valence-electron chi connectivity index (χ3n) is 3.65. The Morgan fingerprint density at radius 1 is 1.18 bits per heavy atom. The van der Waals surface area contributed by atoms with Crippen molar-refractivity contribution in [2.45, 2.75) is 17.9 Å². The van der Waals surface area contributed by atoms with Crippen molar-refractivity contribution in [3.63, 3.8) is 0 Å². The summed E-state index contributed by atoms with van der Waals surface area (Å²) in [6, 6.07) is 12.5. The van der Waals surface area contributed by atoms with Crippen LogP contribution in [0.15, 0.2) is 53.4 Å². The molecule has 0 N–H and O–H groups in total. The molecule has 0 amide bonds. The Kier molecular flexibility index (Phi) is 3.46. The van der Waals surface area contributed by atoms with E-state index in [2.05, 4.69) is 0 Å². The molecule has 1 aliphatic heterocycles. The van der Waals surface area contributed by atoms with Gasteiger partial charge in [-0.2, -0.15) is 4.31 Å². The highest BCUT2D eigenvalue weighted by atomic mass is 32.2. The second-order valence-electron chi connectivity index (χ2n) is 5.26. The van der Waals surface area contributed by atoms with Crippen LogP contribution < -0.4 is 0 Å². The Morgan fingerprint density at radius 2 is 1.86 bits per heavy atom. The second-order valence-corrected chi connectivity index (χ2v) is 7.15. The molecule has 2 atom stereocenters. The summed E-state index contributed by atoms with van der Waals surface area (Å²) in [5, 5.41) is 10.6. The van der Waals surface area contributed by atoms with Gasteiger partial charge in [-0.15, -0.1) is 0 Å². The lowest BCUT2D eigenvalue weighted by molar-refractivity contribution is -0.384. The topological polar surface area (TPSA) is 80.3 Å². The van der Waals surface area contributed by atoms with E-state index < -0.39 is 14.9 Å². The van der Waals surface area contributed by atoms with Crippen molar-refractivity contribution in [1.82, 2.24) is 4.31 Å². The number of sulfonamides is 1. The summed E-state index contributed by atoms with van der Waals surface area (Å²) in [7, 11) is -3.61. The largest absolute Gasteiger partial charge is 0.269 e. The van der Waals surface area contributed by atoms with Crippen molar-refractivity contribution in [2.75, 3.05) is 6.54 Å². The summed E-state index contributed by atoms with van der Waals surface area (Å²) < 4.78 is 26.4. The van der Waals surface area contributed by atoms with Gasteiger partial charge in [-0.05, 0) is 24.6 Å². The van der Waals surface area contributed by atoms with Gasteiger partial charge in [-0.3, -0.25) is 10.1 Å². The van der Waals surface area contributed by atoms with E-state index in [4.69, 9.17) is 0 Å². The zero-order valence-corrected chi connectivity index (χ0v) is 12.7. The summed E-state index contributed by atoms with van der Waals surface area (Å²) in [5.74, 6) is 0. The van der Waals surface area contributed by atoms with Crippen molar-refractivity contribution in [1.29, 1.82) is 0 Å². The van der Waals surface area contributed by atoms with E-state index in [1.807, 2.05) is 31.2 Å². The fourth-order valence-corrected chi connectivity index (χ4v) is 3.96. The monoisotopic (exact) mass is 318 g/mol. The molecule has 2 aromatic rings. The second kappa shape index (κ2) is 5.19. The molecule has 114 valence electrons. The van der Waals surface area contributed by atoms with Gasteiger partial charge in [0, 0.05) is 18.7 Å². The van der Waals surface area contributed by atoms with Crippen LogP contribution in [0.25, 0.3) is 0 Å². The summed E-state index contributed by atoms with van der Waals surface area (Å²) >= 11 is 0. The maximum atomic E-state index is 12.5. The summed E-state index contributed by atoms with van der Waals surface area (Å²) in [6.45, 7) is 2.39. The number of hydrogen-bond donors (Lipinski definition) is 0. The van der Waals surface area contributed by atoms with Gasteiger partial charge in [0.25, 0.3) is 5.69 Å². The smallest absolute Gasteiger partial charge is 0.258 e. The molecule has 0 spiro atoms. The lowest BCUT2D eigenvalue weighted by Crippen LogP contribution is -2.12. The van der Waals surface area contributed by atoms with E-state index in [9.17, 15) is 18.5 Å². The van der Waals surface area contributed by atoms with Crippen molar-refractivity contribution in [3.8, 4) is 0 Å². The lowest BCUT2D eigenvalue weighted by Gasteiger charge is -2.07. The molecule has 0 aliphatic carbocycles. The van der Waals surface area contributed by atoms with E-state index in [1.54, 1.807) is 0 Å². The molecule has 0 saturated carbocycles. The van der Waals surface area contributed by atoms with Crippen molar-refractivity contribution < 1.29 is 13.3 Å². The lowest BCUT2D eigenvalue weighted by atomic mass is 10.1. The van der Waals surface area contributed by atoms with E-state index in [1.165, 1.54) is 28.6 Å². The SMILES string of the molecule is Cc1cccc(C2CN2S(=O)(=O)c2ccc([N+](=O)[O-])cc2)c1. The standard InChI is InChI=1S/C15H14N2O4S/c1-11-3-2-4-12(9-11)15-10-16(15)22(20,21)14-7-5-13(6-8-14)17(18)19/h2-9,15H,10H2,1H3. The number of non-ortho nitro benzene ring substituents is 1. The fraction of sp³-hybridized carbons (Fsp3) is 0.200. The number of nitro benzene ring substituents is 1. The zero-order valence-electron chi connectivity index (χ0n) is 11.8. The minimum atomic E-state index is -3.61. The van der Waals surface area contributed by atoms with E-state index in [-0.39, 0.29) is 16.6 Å². The molecule has 7 heteroatoms. The van der Waals surface area contributed by atoms with Crippen molar-refractivity contribution in [3.05, 3.63) is 69.8 Å². The predicted octanol–water partition coefficient (Wildman–Crippen LogP) is 2.65. The number of nitro groups is 1. The molecule has 22 heavy (non-hydrogen) atoms. The molecule has 3 rings (SSSR count). The van der Waals surface area contributed by atoms with Gasteiger partial charge < -0.3 is 0 Å².